The molecule has 5 aliphatic rings. The molecular weight excluding hydrogens is 318 g/mol. The highest BCUT2D eigenvalue weighted by Gasteiger charge is 2.70. The molecule has 0 aliphatic heterocycles. The maximum atomic E-state index is 9.85. The Morgan fingerprint density at radius 1 is 1.19 bits per heavy atom. The van der Waals surface area contributed by atoms with Crippen molar-refractivity contribution in [2.24, 2.45) is 46.8 Å². The third-order valence-corrected chi connectivity index (χ3v) is 8.68. The fourth-order valence-corrected chi connectivity index (χ4v) is 7.69. The summed E-state index contributed by atoms with van der Waals surface area (Å²) in [4.78, 5) is 0. The summed E-state index contributed by atoms with van der Waals surface area (Å²) >= 11 is 0. The minimum absolute atomic E-state index is 0.357. The van der Waals surface area contributed by atoms with Gasteiger partial charge in [-0.2, -0.15) is 5.26 Å². The maximum absolute atomic E-state index is 9.85. The summed E-state index contributed by atoms with van der Waals surface area (Å²) in [6.45, 7) is 6.36. The third kappa shape index (κ3) is 2.35. The number of nitrogens with zero attached hydrogens (tertiary/aromatic N) is 1. The van der Waals surface area contributed by atoms with Crippen molar-refractivity contribution < 1.29 is 4.74 Å². The predicted octanol–water partition coefficient (Wildman–Crippen LogP) is 6.11. The molecule has 0 N–H and O–H groups in total. The number of rotatable bonds is 2. The number of hydrogen-bond donors (Lipinski definition) is 0. The molecule has 2 nitrogen and oxygen atoms in total. The van der Waals surface area contributed by atoms with Crippen LogP contribution in [0.5, 0.6) is 0 Å². The molecule has 0 bridgehead atoms. The van der Waals surface area contributed by atoms with Crippen LogP contribution in [0.3, 0.4) is 0 Å². The SMILES string of the molecule is CC.CCC12CCC3C4CCC(OC)=CC4=CCC3C1C1CC1C2C#N. The van der Waals surface area contributed by atoms with Gasteiger partial charge in [0.05, 0.1) is 24.9 Å². The lowest BCUT2D eigenvalue weighted by Crippen LogP contribution is -2.48. The van der Waals surface area contributed by atoms with E-state index in [2.05, 4.69) is 25.1 Å². The topological polar surface area (TPSA) is 33.0 Å². The van der Waals surface area contributed by atoms with E-state index in [1.807, 2.05) is 21.0 Å². The van der Waals surface area contributed by atoms with Crippen molar-refractivity contribution in [3.8, 4) is 6.07 Å². The van der Waals surface area contributed by atoms with Crippen molar-refractivity contribution in [1.82, 2.24) is 0 Å². The van der Waals surface area contributed by atoms with Gasteiger partial charge in [-0.05, 0) is 91.1 Å². The van der Waals surface area contributed by atoms with E-state index in [1.54, 1.807) is 5.57 Å². The summed E-state index contributed by atoms with van der Waals surface area (Å²) in [5, 5.41) is 9.85. The lowest BCUT2D eigenvalue weighted by atomic mass is 9.49. The van der Waals surface area contributed by atoms with Gasteiger partial charge < -0.3 is 4.74 Å². The molecule has 0 spiro atoms. The summed E-state index contributed by atoms with van der Waals surface area (Å²) in [6, 6.07) is 2.77. The molecule has 3 saturated carbocycles. The minimum Gasteiger partial charge on any atom is -0.501 e. The number of methoxy groups -OCH3 is 1. The number of allylic oxidation sites excluding steroid dienone is 4. The largest absolute Gasteiger partial charge is 0.501 e. The van der Waals surface area contributed by atoms with Crippen molar-refractivity contribution in [3.63, 3.8) is 0 Å². The van der Waals surface area contributed by atoms with Gasteiger partial charge in [-0.3, -0.25) is 0 Å². The summed E-state index contributed by atoms with van der Waals surface area (Å²) in [5.41, 5.74) is 1.92. The molecule has 3 fully saturated rings. The number of fused-ring (bicyclic) bond motifs is 7. The summed E-state index contributed by atoms with van der Waals surface area (Å²) in [6.07, 6.45) is 13.7. The fraction of sp³-hybridized carbons (Fsp3) is 0.792. The lowest BCUT2D eigenvalue weighted by molar-refractivity contribution is -0.0331. The molecule has 0 aromatic carbocycles. The highest BCUT2D eigenvalue weighted by atomic mass is 16.5. The van der Waals surface area contributed by atoms with Gasteiger partial charge >= 0.3 is 0 Å². The van der Waals surface area contributed by atoms with Gasteiger partial charge in [0.1, 0.15) is 0 Å². The Hall–Kier alpha value is -1.23. The molecule has 5 rings (SSSR count). The Morgan fingerprint density at radius 2 is 2.00 bits per heavy atom. The molecule has 0 saturated heterocycles. The van der Waals surface area contributed by atoms with Crippen LogP contribution in [0.15, 0.2) is 23.5 Å². The van der Waals surface area contributed by atoms with Gasteiger partial charge in [0.15, 0.2) is 0 Å². The van der Waals surface area contributed by atoms with Crippen LogP contribution in [-0.2, 0) is 4.74 Å². The first-order chi connectivity index (χ1) is 12.7. The molecule has 142 valence electrons. The third-order valence-electron chi connectivity index (χ3n) is 8.68. The average molecular weight is 354 g/mol. The van der Waals surface area contributed by atoms with Crippen molar-refractivity contribution in [2.75, 3.05) is 7.11 Å². The van der Waals surface area contributed by atoms with Crippen LogP contribution in [0.25, 0.3) is 0 Å². The molecule has 5 aliphatic carbocycles. The Bertz CT molecular complexity index is 656. The number of ether oxygens (including phenoxy) is 1. The van der Waals surface area contributed by atoms with E-state index in [4.69, 9.17) is 4.74 Å². The minimum atomic E-state index is 0.357. The lowest BCUT2D eigenvalue weighted by Gasteiger charge is -2.54. The zero-order valence-electron chi connectivity index (χ0n) is 17.0. The second kappa shape index (κ2) is 6.74. The van der Waals surface area contributed by atoms with Gasteiger partial charge in [-0.25, -0.2) is 0 Å². The zero-order valence-corrected chi connectivity index (χ0v) is 17.0. The maximum Gasteiger partial charge on any atom is 0.0958 e. The fourth-order valence-electron chi connectivity index (χ4n) is 7.69. The van der Waals surface area contributed by atoms with E-state index in [0.29, 0.717) is 11.3 Å². The van der Waals surface area contributed by atoms with Gasteiger partial charge in [0, 0.05) is 6.42 Å². The molecule has 0 aromatic heterocycles. The average Bonchev–Trinajstić information content (AvgIpc) is 3.43. The van der Waals surface area contributed by atoms with E-state index < -0.39 is 0 Å². The van der Waals surface area contributed by atoms with Crippen molar-refractivity contribution in [2.45, 2.75) is 65.7 Å². The van der Waals surface area contributed by atoms with E-state index >= 15 is 0 Å². The molecule has 0 aromatic rings. The zero-order chi connectivity index (χ0) is 18.5. The van der Waals surface area contributed by atoms with Gasteiger partial charge in [0.2, 0.25) is 0 Å². The Morgan fingerprint density at radius 3 is 2.69 bits per heavy atom. The highest BCUT2D eigenvalue weighted by Crippen LogP contribution is 2.75. The van der Waals surface area contributed by atoms with E-state index in [-0.39, 0.29) is 0 Å². The number of hydrogen-bond acceptors (Lipinski definition) is 2. The molecule has 2 heteroatoms. The molecule has 8 unspecified atom stereocenters. The smallest absolute Gasteiger partial charge is 0.0958 e. The molecular formula is C24H35NO. The first-order valence-electron chi connectivity index (χ1n) is 11.1. The van der Waals surface area contributed by atoms with E-state index in [9.17, 15) is 5.26 Å². The summed E-state index contributed by atoms with van der Waals surface area (Å²) in [5.74, 6) is 6.46. The molecule has 0 amide bonds. The van der Waals surface area contributed by atoms with Gasteiger partial charge in [-0.1, -0.05) is 26.8 Å². The quantitative estimate of drug-likeness (QED) is 0.600. The summed E-state index contributed by atoms with van der Waals surface area (Å²) < 4.78 is 5.52. The van der Waals surface area contributed by atoms with Crippen LogP contribution in [0, 0.1) is 58.2 Å². The summed E-state index contributed by atoms with van der Waals surface area (Å²) in [7, 11) is 1.81. The normalized spacial score (nSPS) is 47.4. The van der Waals surface area contributed by atoms with Crippen LogP contribution in [0.2, 0.25) is 0 Å². The van der Waals surface area contributed by atoms with Crippen LogP contribution < -0.4 is 0 Å². The highest BCUT2D eigenvalue weighted by molar-refractivity contribution is 5.33. The first kappa shape index (κ1) is 18.1. The Balaban J connectivity index is 0.000000814. The van der Waals surface area contributed by atoms with Crippen LogP contribution >= 0.6 is 0 Å². The monoisotopic (exact) mass is 353 g/mol. The van der Waals surface area contributed by atoms with Crippen molar-refractivity contribution in [1.29, 1.82) is 5.26 Å². The standard InChI is InChI=1S/C22H29NO.C2H6/c1-3-22-9-8-16-15-7-5-14(24-2)10-13(15)4-6-17(16)21(22)19-11-18(19)20(22)12-23;1-2/h4,10,15-21H,3,5-9,11H2,1-2H3;1-2H3. The van der Waals surface area contributed by atoms with Crippen LogP contribution in [0.1, 0.15) is 65.7 Å². The number of nitriles is 1. The molecule has 26 heavy (non-hydrogen) atoms. The Kier molecular flexibility index (Phi) is 4.70. The Labute approximate surface area is 159 Å². The second-order valence-electron chi connectivity index (χ2n) is 9.05. The molecule has 0 heterocycles. The van der Waals surface area contributed by atoms with Gasteiger partial charge in [-0.15, -0.1) is 0 Å². The van der Waals surface area contributed by atoms with Crippen molar-refractivity contribution in [3.05, 3.63) is 23.5 Å². The molecule has 8 atom stereocenters. The van der Waals surface area contributed by atoms with Gasteiger partial charge in [0.25, 0.3) is 0 Å². The van der Waals surface area contributed by atoms with E-state index in [0.717, 1.165) is 41.9 Å². The first-order valence-corrected chi connectivity index (χ1v) is 11.1. The van der Waals surface area contributed by atoms with E-state index in [1.165, 1.54) is 44.3 Å². The van der Waals surface area contributed by atoms with Crippen molar-refractivity contribution >= 4 is 0 Å². The predicted molar refractivity (Wildman–Crippen MR) is 105 cm³/mol. The molecule has 0 radical (unpaired) electrons. The second-order valence-corrected chi connectivity index (χ2v) is 9.05. The van der Waals surface area contributed by atoms with Crippen LogP contribution in [-0.4, -0.2) is 7.11 Å². The van der Waals surface area contributed by atoms with Crippen LogP contribution in [0.4, 0.5) is 0 Å².